The first-order chi connectivity index (χ1) is 7.45. The van der Waals surface area contributed by atoms with Crippen molar-refractivity contribution in [2.24, 2.45) is 0 Å². The molecule has 1 atom stereocenters. The Balaban J connectivity index is 0.000000963. The number of rotatable bonds is 1. The second-order valence-electron chi connectivity index (χ2n) is 4.14. The Hall–Kier alpha value is -1.12. The van der Waals surface area contributed by atoms with Gasteiger partial charge in [0.1, 0.15) is 0 Å². The lowest BCUT2D eigenvalue weighted by Gasteiger charge is -2.11. The minimum Gasteiger partial charge on any atom is -0.316 e. The fourth-order valence-electron chi connectivity index (χ4n) is 2.39. The Labute approximate surface area is 101 Å². The van der Waals surface area contributed by atoms with Crippen LogP contribution in [0.15, 0.2) is 36.7 Å². The highest BCUT2D eigenvalue weighted by atomic mass is 35.5. The summed E-state index contributed by atoms with van der Waals surface area (Å²) in [6.45, 7) is 2.23. The van der Waals surface area contributed by atoms with Gasteiger partial charge in [-0.3, -0.25) is 4.98 Å². The van der Waals surface area contributed by atoms with E-state index < -0.39 is 0 Å². The predicted molar refractivity (Wildman–Crippen MR) is 69.2 cm³/mol. The van der Waals surface area contributed by atoms with E-state index >= 15 is 0 Å². The minimum absolute atomic E-state index is 0. The van der Waals surface area contributed by atoms with Gasteiger partial charge in [-0.1, -0.05) is 24.3 Å². The lowest BCUT2D eigenvalue weighted by Crippen LogP contribution is -2.08. The highest BCUT2D eigenvalue weighted by molar-refractivity contribution is 5.85. The molecule has 1 aromatic heterocycles. The van der Waals surface area contributed by atoms with Crippen molar-refractivity contribution in [3.8, 4) is 0 Å². The van der Waals surface area contributed by atoms with Crippen LogP contribution < -0.4 is 5.32 Å². The van der Waals surface area contributed by atoms with E-state index in [1.165, 1.54) is 22.8 Å². The number of fused-ring (bicyclic) bond motifs is 1. The van der Waals surface area contributed by atoms with Crippen LogP contribution in [0.2, 0.25) is 0 Å². The molecule has 1 N–H and O–H groups in total. The average molecular weight is 235 g/mol. The van der Waals surface area contributed by atoms with Crippen molar-refractivity contribution in [1.82, 2.24) is 10.3 Å². The summed E-state index contributed by atoms with van der Waals surface area (Å²) in [5, 5.41) is 6.02. The zero-order valence-electron chi connectivity index (χ0n) is 9.02. The number of benzene rings is 1. The first-order valence-corrected chi connectivity index (χ1v) is 5.48. The van der Waals surface area contributed by atoms with Crippen molar-refractivity contribution in [2.45, 2.75) is 12.3 Å². The van der Waals surface area contributed by atoms with E-state index in [0.29, 0.717) is 5.92 Å². The van der Waals surface area contributed by atoms with Crippen LogP contribution in [0.5, 0.6) is 0 Å². The van der Waals surface area contributed by atoms with Gasteiger partial charge in [0.05, 0.1) is 0 Å². The predicted octanol–water partition coefficient (Wildman–Crippen LogP) is 2.73. The highest BCUT2D eigenvalue weighted by Crippen LogP contribution is 2.28. The van der Waals surface area contributed by atoms with Crippen molar-refractivity contribution < 1.29 is 0 Å². The average Bonchev–Trinajstić information content (AvgIpc) is 2.82. The third-order valence-electron chi connectivity index (χ3n) is 3.20. The fraction of sp³-hybridized carbons (Fsp3) is 0.308. The zero-order chi connectivity index (χ0) is 10.1. The smallest absolute Gasteiger partial charge is 0.0346 e. The van der Waals surface area contributed by atoms with Crippen LogP contribution in [-0.2, 0) is 0 Å². The summed E-state index contributed by atoms with van der Waals surface area (Å²) in [7, 11) is 0. The lowest BCUT2D eigenvalue weighted by molar-refractivity contribution is 0.766. The number of nitrogens with zero attached hydrogens (tertiary/aromatic N) is 1. The Morgan fingerprint density at radius 2 is 2.06 bits per heavy atom. The fourth-order valence-corrected chi connectivity index (χ4v) is 2.39. The normalized spacial score (nSPS) is 19.6. The monoisotopic (exact) mass is 234 g/mol. The molecule has 1 unspecified atom stereocenters. The van der Waals surface area contributed by atoms with E-state index in [1.807, 2.05) is 12.4 Å². The van der Waals surface area contributed by atoms with E-state index in [2.05, 4.69) is 34.6 Å². The largest absolute Gasteiger partial charge is 0.316 e. The first kappa shape index (κ1) is 11.4. The summed E-state index contributed by atoms with van der Waals surface area (Å²) in [6, 6.07) is 8.51. The lowest BCUT2D eigenvalue weighted by atomic mass is 9.95. The molecule has 2 nitrogen and oxygen atoms in total. The molecule has 3 heteroatoms. The number of nitrogens with one attached hydrogen (secondary N) is 1. The van der Waals surface area contributed by atoms with Crippen molar-refractivity contribution in [1.29, 1.82) is 0 Å². The summed E-state index contributed by atoms with van der Waals surface area (Å²) in [4.78, 5) is 4.33. The van der Waals surface area contributed by atoms with Gasteiger partial charge in [0.25, 0.3) is 0 Å². The summed E-state index contributed by atoms with van der Waals surface area (Å²) < 4.78 is 0. The molecule has 2 heterocycles. The van der Waals surface area contributed by atoms with Crippen LogP contribution in [0.25, 0.3) is 10.8 Å². The molecule has 1 aromatic carbocycles. The number of hydrogen-bond acceptors (Lipinski definition) is 2. The number of halogens is 1. The molecule has 1 aliphatic rings. The maximum atomic E-state index is 4.33. The Kier molecular flexibility index (Phi) is 3.42. The van der Waals surface area contributed by atoms with Crippen LogP contribution >= 0.6 is 12.4 Å². The molecule has 1 saturated heterocycles. The SMILES string of the molecule is Cl.c1ccc2c(C3CCNC3)cncc2c1. The van der Waals surface area contributed by atoms with Crippen LogP contribution in [0, 0.1) is 0 Å². The number of pyridine rings is 1. The molecule has 0 radical (unpaired) electrons. The van der Waals surface area contributed by atoms with Gasteiger partial charge in [-0.2, -0.15) is 0 Å². The second-order valence-corrected chi connectivity index (χ2v) is 4.14. The van der Waals surface area contributed by atoms with E-state index in [-0.39, 0.29) is 12.4 Å². The van der Waals surface area contributed by atoms with Crippen molar-refractivity contribution >= 4 is 23.2 Å². The van der Waals surface area contributed by atoms with E-state index in [4.69, 9.17) is 0 Å². The molecular weight excluding hydrogens is 220 g/mol. The van der Waals surface area contributed by atoms with Gasteiger partial charge in [-0.25, -0.2) is 0 Å². The van der Waals surface area contributed by atoms with Gasteiger partial charge in [0.15, 0.2) is 0 Å². The molecule has 84 valence electrons. The second kappa shape index (κ2) is 4.81. The van der Waals surface area contributed by atoms with E-state index in [0.717, 1.165) is 13.1 Å². The Morgan fingerprint density at radius 3 is 2.88 bits per heavy atom. The van der Waals surface area contributed by atoms with Gasteiger partial charge in [-0.05, 0) is 29.8 Å². The maximum Gasteiger partial charge on any atom is 0.0346 e. The van der Waals surface area contributed by atoms with Gasteiger partial charge in [0, 0.05) is 24.3 Å². The molecule has 0 spiro atoms. The third-order valence-corrected chi connectivity index (χ3v) is 3.20. The molecule has 0 aliphatic carbocycles. The number of aromatic nitrogens is 1. The summed E-state index contributed by atoms with van der Waals surface area (Å²) in [6.07, 6.45) is 5.21. The molecule has 16 heavy (non-hydrogen) atoms. The maximum absolute atomic E-state index is 4.33. The molecule has 0 amide bonds. The van der Waals surface area contributed by atoms with Crippen molar-refractivity contribution in [3.63, 3.8) is 0 Å². The molecule has 1 aliphatic heterocycles. The number of hydrogen-bond donors (Lipinski definition) is 1. The highest BCUT2D eigenvalue weighted by Gasteiger charge is 2.18. The van der Waals surface area contributed by atoms with Crippen molar-refractivity contribution in [3.05, 3.63) is 42.2 Å². The molecular formula is C13H15ClN2. The quantitative estimate of drug-likeness (QED) is 0.821. The van der Waals surface area contributed by atoms with Gasteiger partial charge >= 0.3 is 0 Å². The first-order valence-electron chi connectivity index (χ1n) is 5.48. The van der Waals surface area contributed by atoms with E-state index in [1.54, 1.807) is 0 Å². The van der Waals surface area contributed by atoms with E-state index in [9.17, 15) is 0 Å². The van der Waals surface area contributed by atoms with Crippen LogP contribution in [-0.4, -0.2) is 18.1 Å². The molecule has 0 saturated carbocycles. The van der Waals surface area contributed by atoms with Crippen LogP contribution in [0.1, 0.15) is 17.9 Å². The minimum atomic E-state index is 0. The third kappa shape index (κ3) is 1.91. The topological polar surface area (TPSA) is 24.9 Å². The molecule has 3 rings (SSSR count). The van der Waals surface area contributed by atoms with Gasteiger partial charge in [-0.15, -0.1) is 12.4 Å². The van der Waals surface area contributed by atoms with Crippen LogP contribution in [0.4, 0.5) is 0 Å². The summed E-state index contributed by atoms with van der Waals surface area (Å²) >= 11 is 0. The molecule has 0 bridgehead atoms. The van der Waals surface area contributed by atoms with Crippen molar-refractivity contribution in [2.75, 3.05) is 13.1 Å². The standard InChI is InChI=1S/C13H14N2.ClH/c1-2-4-12-10(3-1)8-15-9-13(12)11-5-6-14-7-11;/h1-4,8-9,11,14H,5-7H2;1H. The zero-order valence-corrected chi connectivity index (χ0v) is 9.83. The van der Waals surface area contributed by atoms with Gasteiger partial charge < -0.3 is 5.32 Å². The summed E-state index contributed by atoms with van der Waals surface area (Å²) in [5.41, 5.74) is 1.40. The molecule has 2 aromatic rings. The molecule has 1 fully saturated rings. The Morgan fingerprint density at radius 1 is 1.19 bits per heavy atom. The summed E-state index contributed by atoms with van der Waals surface area (Å²) in [5.74, 6) is 0.642. The van der Waals surface area contributed by atoms with Crippen LogP contribution in [0.3, 0.4) is 0 Å². The Bertz CT molecular complexity index is 473. The van der Waals surface area contributed by atoms with Gasteiger partial charge in [0.2, 0.25) is 0 Å².